The van der Waals surface area contributed by atoms with Crippen molar-refractivity contribution in [2.24, 2.45) is 5.73 Å². The first-order chi connectivity index (χ1) is 14.4. The molecule has 0 aliphatic heterocycles. The number of ether oxygens (including phenoxy) is 1. The van der Waals surface area contributed by atoms with E-state index in [-0.39, 0.29) is 5.82 Å². The van der Waals surface area contributed by atoms with E-state index in [1.165, 1.54) is 19.1 Å². The van der Waals surface area contributed by atoms with E-state index in [4.69, 9.17) is 15.5 Å². The molecule has 3 aromatic rings. The molecule has 0 radical (unpaired) electrons. The van der Waals surface area contributed by atoms with Gasteiger partial charge in [-0.1, -0.05) is 30.3 Å². The Labute approximate surface area is 173 Å². The van der Waals surface area contributed by atoms with Crippen molar-refractivity contribution in [2.45, 2.75) is 32.3 Å². The summed E-state index contributed by atoms with van der Waals surface area (Å²) >= 11 is 0. The third kappa shape index (κ3) is 3.81. The van der Waals surface area contributed by atoms with Gasteiger partial charge < -0.3 is 10.5 Å². The topological polar surface area (TPSA) is 82.3 Å². The number of hydrogen-bond donors (Lipinski definition) is 1. The summed E-state index contributed by atoms with van der Waals surface area (Å²) in [5.41, 5.74) is 9.74. The second-order valence-electron chi connectivity index (χ2n) is 7.36. The molecular formula is C24H21FN2O3. The van der Waals surface area contributed by atoms with Crippen LogP contribution in [-0.4, -0.2) is 23.0 Å². The van der Waals surface area contributed by atoms with Crippen molar-refractivity contribution >= 4 is 34.4 Å². The highest BCUT2D eigenvalue weighted by Gasteiger charge is 2.27. The van der Waals surface area contributed by atoms with Gasteiger partial charge in [0.25, 0.3) is 5.91 Å². The number of pyridine rings is 1. The van der Waals surface area contributed by atoms with E-state index in [0.717, 1.165) is 35.2 Å². The van der Waals surface area contributed by atoms with Gasteiger partial charge in [0.15, 0.2) is 6.10 Å². The molecule has 0 fully saturated rings. The Morgan fingerprint density at radius 1 is 1.13 bits per heavy atom. The minimum Gasteiger partial charge on any atom is -0.449 e. The fourth-order valence-corrected chi connectivity index (χ4v) is 3.75. The van der Waals surface area contributed by atoms with Gasteiger partial charge in [0.05, 0.1) is 16.8 Å². The highest BCUT2D eigenvalue weighted by molar-refractivity contribution is 6.07. The lowest BCUT2D eigenvalue weighted by atomic mass is 9.86. The summed E-state index contributed by atoms with van der Waals surface area (Å²) in [4.78, 5) is 29.2. The highest BCUT2D eigenvalue weighted by atomic mass is 19.1. The quantitative estimate of drug-likeness (QED) is 0.658. The number of hydrogen-bond acceptors (Lipinski definition) is 4. The summed E-state index contributed by atoms with van der Waals surface area (Å²) in [6.07, 6.45) is 3.25. The fraction of sp³-hybridized carbons (Fsp3) is 0.208. The Kier molecular flexibility index (Phi) is 5.31. The van der Waals surface area contributed by atoms with Crippen LogP contribution in [0.2, 0.25) is 0 Å². The number of halogens is 1. The van der Waals surface area contributed by atoms with E-state index < -0.39 is 18.0 Å². The number of esters is 1. The lowest BCUT2D eigenvalue weighted by Gasteiger charge is -2.23. The number of carbonyl (C=O) groups is 2. The van der Waals surface area contributed by atoms with Crippen LogP contribution in [0.1, 0.15) is 46.9 Å². The SMILES string of the molecule is C[C@@H](OC(=O)c1c2c(nc3ccccc13)/C(=C/c1ccc(F)cc1)CCC2)C(N)=O. The van der Waals surface area contributed by atoms with Crippen molar-refractivity contribution in [3.05, 3.63) is 76.7 Å². The number of benzene rings is 2. The number of allylic oxidation sites excluding steroid dienone is 1. The Bertz CT molecular complexity index is 1170. The van der Waals surface area contributed by atoms with Gasteiger partial charge in [-0.15, -0.1) is 0 Å². The number of amides is 1. The van der Waals surface area contributed by atoms with Gasteiger partial charge in [-0.25, -0.2) is 14.2 Å². The van der Waals surface area contributed by atoms with Gasteiger partial charge in [0.1, 0.15) is 5.82 Å². The summed E-state index contributed by atoms with van der Waals surface area (Å²) in [7, 11) is 0. The largest absolute Gasteiger partial charge is 0.449 e. The molecule has 1 atom stereocenters. The van der Waals surface area contributed by atoms with Crippen LogP contribution in [0.25, 0.3) is 22.6 Å². The maximum Gasteiger partial charge on any atom is 0.339 e. The molecule has 30 heavy (non-hydrogen) atoms. The zero-order valence-corrected chi connectivity index (χ0v) is 16.5. The molecule has 1 aliphatic carbocycles. The molecule has 2 N–H and O–H groups in total. The molecule has 2 aromatic carbocycles. The van der Waals surface area contributed by atoms with Crippen LogP contribution in [0.3, 0.4) is 0 Å². The summed E-state index contributed by atoms with van der Waals surface area (Å²) in [6, 6.07) is 13.6. The number of para-hydroxylation sites is 1. The van der Waals surface area contributed by atoms with Crippen molar-refractivity contribution in [2.75, 3.05) is 0 Å². The van der Waals surface area contributed by atoms with Crippen LogP contribution in [0.5, 0.6) is 0 Å². The Morgan fingerprint density at radius 2 is 1.87 bits per heavy atom. The van der Waals surface area contributed by atoms with Crippen molar-refractivity contribution < 1.29 is 18.7 Å². The van der Waals surface area contributed by atoms with Crippen LogP contribution in [0, 0.1) is 5.82 Å². The van der Waals surface area contributed by atoms with Crippen molar-refractivity contribution in [1.29, 1.82) is 0 Å². The monoisotopic (exact) mass is 404 g/mol. The molecule has 6 heteroatoms. The van der Waals surface area contributed by atoms with Crippen molar-refractivity contribution in [1.82, 2.24) is 4.98 Å². The average Bonchev–Trinajstić information content (AvgIpc) is 2.73. The zero-order valence-electron chi connectivity index (χ0n) is 16.5. The molecular weight excluding hydrogens is 383 g/mol. The molecule has 0 unspecified atom stereocenters. The molecule has 0 saturated carbocycles. The van der Waals surface area contributed by atoms with Crippen LogP contribution in [-0.2, 0) is 16.0 Å². The summed E-state index contributed by atoms with van der Waals surface area (Å²) in [6.45, 7) is 1.45. The number of carbonyl (C=O) groups excluding carboxylic acids is 2. The van der Waals surface area contributed by atoms with E-state index in [1.807, 2.05) is 30.3 Å². The smallest absolute Gasteiger partial charge is 0.339 e. The minimum atomic E-state index is -1.03. The molecule has 1 amide bonds. The van der Waals surface area contributed by atoms with Crippen molar-refractivity contribution in [3.8, 4) is 0 Å². The van der Waals surface area contributed by atoms with Crippen LogP contribution in [0.4, 0.5) is 4.39 Å². The van der Waals surface area contributed by atoms with Gasteiger partial charge in [0.2, 0.25) is 0 Å². The van der Waals surface area contributed by atoms with E-state index in [9.17, 15) is 14.0 Å². The Morgan fingerprint density at radius 3 is 2.60 bits per heavy atom. The van der Waals surface area contributed by atoms with E-state index in [2.05, 4.69) is 0 Å². The second kappa shape index (κ2) is 8.06. The van der Waals surface area contributed by atoms with Crippen LogP contribution >= 0.6 is 0 Å². The number of nitrogens with two attached hydrogens (primary N) is 1. The average molecular weight is 404 g/mol. The molecule has 4 rings (SSSR count). The number of primary amides is 1. The molecule has 0 saturated heterocycles. The van der Waals surface area contributed by atoms with E-state index >= 15 is 0 Å². The van der Waals surface area contributed by atoms with Gasteiger partial charge in [-0.2, -0.15) is 0 Å². The summed E-state index contributed by atoms with van der Waals surface area (Å²) < 4.78 is 18.6. The number of fused-ring (bicyclic) bond motifs is 2. The third-order valence-corrected chi connectivity index (χ3v) is 5.27. The maximum atomic E-state index is 13.3. The predicted molar refractivity (Wildman–Crippen MR) is 113 cm³/mol. The first-order valence-electron chi connectivity index (χ1n) is 9.82. The molecule has 0 bridgehead atoms. The zero-order chi connectivity index (χ0) is 21.3. The molecule has 1 aromatic heterocycles. The molecule has 1 aliphatic rings. The first-order valence-corrected chi connectivity index (χ1v) is 9.82. The second-order valence-corrected chi connectivity index (χ2v) is 7.36. The number of rotatable bonds is 4. The molecule has 1 heterocycles. The van der Waals surface area contributed by atoms with Gasteiger partial charge in [-0.05, 0) is 67.2 Å². The number of aromatic nitrogens is 1. The lowest BCUT2D eigenvalue weighted by molar-refractivity contribution is -0.125. The maximum absolute atomic E-state index is 13.3. The Balaban J connectivity index is 1.87. The van der Waals surface area contributed by atoms with Crippen LogP contribution in [0.15, 0.2) is 48.5 Å². The highest BCUT2D eigenvalue weighted by Crippen LogP contribution is 2.36. The minimum absolute atomic E-state index is 0.293. The normalized spacial score (nSPS) is 15.6. The molecule has 5 nitrogen and oxygen atoms in total. The third-order valence-electron chi connectivity index (χ3n) is 5.27. The fourth-order valence-electron chi connectivity index (χ4n) is 3.75. The lowest BCUT2D eigenvalue weighted by Crippen LogP contribution is -2.31. The summed E-state index contributed by atoms with van der Waals surface area (Å²) in [5.74, 6) is -1.58. The predicted octanol–water partition coefficient (Wildman–Crippen LogP) is 4.28. The van der Waals surface area contributed by atoms with E-state index in [1.54, 1.807) is 12.1 Å². The first kappa shape index (κ1) is 19.8. The Hall–Kier alpha value is -3.54. The van der Waals surface area contributed by atoms with Gasteiger partial charge in [0, 0.05) is 5.39 Å². The van der Waals surface area contributed by atoms with E-state index in [0.29, 0.717) is 22.9 Å². The molecule has 0 spiro atoms. The van der Waals surface area contributed by atoms with Crippen LogP contribution < -0.4 is 5.73 Å². The standard InChI is InChI=1S/C24H21FN2O3/c1-14(23(26)28)30-24(29)21-18-6-2-3-8-20(18)27-22-16(5-4-7-19(21)22)13-15-9-11-17(25)12-10-15/h2-3,6,8-14H,4-5,7H2,1H3,(H2,26,28)/b16-13+/t14-/m1/s1. The number of nitrogens with zero attached hydrogens (tertiary/aromatic N) is 1. The van der Waals surface area contributed by atoms with Crippen molar-refractivity contribution in [3.63, 3.8) is 0 Å². The summed E-state index contributed by atoms with van der Waals surface area (Å²) in [5, 5.41) is 0.681. The molecule has 152 valence electrons. The van der Waals surface area contributed by atoms with Gasteiger partial charge in [-0.3, -0.25) is 4.79 Å². The van der Waals surface area contributed by atoms with Gasteiger partial charge >= 0.3 is 5.97 Å².